The molecule has 1 aromatic rings. The Morgan fingerprint density at radius 3 is 2.62 bits per heavy atom. The van der Waals surface area contributed by atoms with Crippen molar-refractivity contribution in [3.8, 4) is 5.75 Å². The second-order valence-electron chi connectivity index (χ2n) is 5.85. The van der Waals surface area contributed by atoms with Gasteiger partial charge in [-0.3, -0.25) is 9.59 Å². The number of amides is 1. The topological polar surface area (TPSA) is 55.4 Å². The molecule has 1 saturated carbocycles. The van der Waals surface area contributed by atoms with Crippen molar-refractivity contribution in [1.82, 2.24) is 5.32 Å². The number of esters is 1. The zero-order valence-corrected chi connectivity index (χ0v) is 13.0. The third-order valence-corrected chi connectivity index (χ3v) is 3.79. The third kappa shape index (κ3) is 4.59. The molecule has 0 spiro atoms. The van der Waals surface area contributed by atoms with Gasteiger partial charge in [-0.15, -0.1) is 0 Å². The highest BCUT2D eigenvalue weighted by atomic mass is 16.5. The molecule has 0 bridgehead atoms. The fourth-order valence-electron chi connectivity index (χ4n) is 2.21. The minimum Gasteiger partial charge on any atom is -0.426 e. The van der Waals surface area contributed by atoms with Gasteiger partial charge in [-0.1, -0.05) is 6.07 Å². The first-order chi connectivity index (χ1) is 9.97. The average Bonchev–Trinajstić information content (AvgIpc) is 3.24. The maximum atomic E-state index is 11.8. The van der Waals surface area contributed by atoms with E-state index in [1.165, 1.54) is 0 Å². The van der Waals surface area contributed by atoms with Gasteiger partial charge in [0.15, 0.2) is 0 Å². The fraction of sp³-hybridized carbons (Fsp3) is 0.529. The van der Waals surface area contributed by atoms with E-state index in [2.05, 4.69) is 11.4 Å². The van der Waals surface area contributed by atoms with Crippen molar-refractivity contribution in [3.63, 3.8) is 0 Å². The Bertz CT molecular complexity index is 547. The van der Waals surface area contributed by atoms with Crippen LogP contribution in [0, 0.1) is 26.7 Å². The van der Waals surface area contributed by atoms with Crippen LogP contribution in [0.4, 0.5) is 0 Å². The van der Waals surface area contributed by atoms with Gasteiger partial charge >= 0.3 is 5.97 Å². The third-order valence-electron chi connectivity index (χ3n) is 3.79. The molecular formula is C17H23NO3. The molecule has 4 heteroatoms. The lowest BCUT2D eigenvalue weighted by Crippen LogP contribution is -2.26. The van der Waals surface area contributed by atoms with E-state index in [4.69, 9.17) is 4.74 Å². The summed E-state index contributed by atoms with van der Waals surface area (Å²) in [4.78, 5) is 23.3. The molecule has 1 aliphatic carbocycles. The lowest BCUT2D eigenvalue weighted by molar-refractivity contribution is -0.134. The summed E-state index contributed by atoms with van der Waals surface area (Å²) in [5.74, 6) is 0.728. The number of ether oxygens (including phenoxy) is 1. The summed E-state index contributed by atoms with van der Waals surface area (Å²) in [6, 6.07) is 3.95. The number of carbonyl (C=O) groups is 2. The second-order valence-corrected chi connectivity index (χ2v) is 5.85. The molecule has 1 N–H and O–H groups in total. The maximum absolute atomic E-state index is 11.8. The summed E-state index contributed by atoms with van der Waals surface area (Å²) in [5.41, 5.74) is 3.20. The molecular weight excluding hydrogens is 266 g/mol. The minimum absolute atomic E-state index is 0.119. The normalized spacial score (nSPS) is 13.9. The van der Waals surface area contributed by atoms with Gasteiger partial charge < -0.3 is 10.1 Å². The lowest BCUT2D eigenvalue weighted by Gasteiger charge is -2.11. The Morgan fingerprint density at radius 2 is 1.95 bits per heavy atom. The monoisotopic (exact) mass is 289 g/mol. The Hall–Kier alpha value is -1.84. The average molecular weight is 289 g/mol. The van der Waals surface area contributed by atoms with Crippen LogP contribution in [0.3, 0.4) is 0 Å². The van der Waals surface area contributed by atoms with E-state index in [0.717, 1.165) is 29.5 Å². The summed E-state index contributed by atoms with van der Waals surface area (Å²) in [6.45, 7) is 6.48. The van der Waals surface area contributed by atoms with Crippen LogP contribution in [0.5, 0.6) is 5.75 Å². The summed E-state index contributed by atoms with van der Waals surface area (Å²) in [6.07, 6.45) is 2.93. The van der Waals surface area contributed by atoms with E-state index in [1.54, 1.807) is 0 Å². The van der Waals surface area contributed by atoms with Gasteiger partial charge in [-0.25, -0.2) is 0 Å². The summed E-state index contributed by atoms with van der Waals surface area (Å²) in [5, 5.41) is 2.85. The van der Waals surface area contributed by atoms with Crippen molar-refractivity contribution in [1.29, 1.82) is 0 Å². The molecule has 1 fully saturated rings. The van der Waals surface area contributed by atoms with Crippen molar-refractivity contribution >= 4 is 11.9 Å². The van der Waals surface area contributed by atoms with E-state index in [0.29, 0.717) is 25.1 Å². The van der Waals surface area contributed by atoms with Gasteiger partial charge in [-0.05, 0) is 62.8 Å². The van der Waals surface area contributed by atoms with Gasteiger partial charge in [0.05, 0.1) is 0 Å². The van der Waals surface area contributed by atoms with Gasteiger partial charge in [0.1, 0.15) is 5.75 Å². The minimum atomic E-state index is -0.247. The van der Waals surface area contributed by atoms with Crippen molar-refractivity contribution in [2.24, 2.45) is 5.92 Å². The highest BCUT2D eigenvalue weighted by Crippen LogP contribution is 2.28. The quantitative estimate of drug-likeness (QED) is 0.498. The Balaban J connectivity index is 1.75. The van der Waals surface area contributed by atoms with E-state index in [1.807, 2.05) is 26.8 Å². The highest BCUT2D eigenvalue weighted by molar-refractivity contribution is 5.80. The first kappa shape index (κ1) is 15.5. The van der Waals surface area contributed by atoms with Crippen molar-refractivity contribution in [2.75, 3.05) is 6.54 Å². The molecule has 0 saturated heterocycles. The van der Waals surface area contributed by atoms with Crippen molar-refractivity contribution < 1.29 is 14.3 Å². The maximum Gasteiger partial charge on any atom is 0.311 e. The number of carbonyl (C=O) groups excluding carboxylic acids is 2. The molecule has 4 nitrogen and oxygen atoms in total. The second kappa shape index (κ2) is 6.74. The van der Waals surface area contributed by atoms with Crippen LogP contribution in [-0.4, -0.2) is 18.4 Å². The standard InChI is InChI=1S/C17H23NO3/c1-11-9-12(2)13(3)15(10-11)21-16(19)5-4-8-18-17(20)14-6-7-14/h9-10,14H,4-8H2,1-3H3,(H,18,20). The molecule has 1 aliphatic rings. The molecule has 114 valence electrons. The Morgan fingerprint density at radius 1 is 1.24 bits per heavy atom. The number of nitrogens with one attached hydrogen (secondary N) is 1. The molecule has 21 heavy (non-hydrogen) atoms. The van der Waals surface area contributed by atoms with E-state index >= 15 is 0 Å². The van der Waals surface area contributed by atoms with Crippen molar-refractivity contribution in [2.45, 2.75) is 46.5 Å². The largest absolute Gasteiger partial charge is 0.426 e. The molecule has 0 aromatic heterocycles. The van der Waals surface area contributed by atoms with Gasteiger partial charge in [-0.2, -0.15) is 0 Å². The van der Waals surface area contributed by atoms with Crippen LogP contribution in [0.2, 0.25) is 0 Å². The SMILES string of the molecule is Cc1cc(C)c(C)c(OC(=O)CCCNC(=O)C2CC2)c1. The molecule has 0 unspecified atom stereocenters. The Kier molecular flexibility index (Phi) is 4.99. The number of aryl methyl sites for hydroxylation is 2. The van der Waals surface area contributed by atoms with Crippen LogP contribution in [0.15, 0.2) is 12.1 Å². The zero-order chi connectivity index (χ0) is 15.4. The molecule has 0 atom stereocenters. The van der Waals surface area contributed by atoms with Crippen LogP contribution in [0.25, 0.3) is 0 Å². The first-order valence-electron chi connectivity index (χ1n) is 7.53. The first-order valence-corrected chi connectivity index (χ1v) is 7.53. The lowest BCUT2D eigenvalue weighted by atomic mass is 10.1. The molecule has 1 aromatic carbocycles. The van der Waals surface area contributed by atoms with Crippen LogP contribution >= 0.6 is 0 Å². The molecule has 0 heterocycles. The van der Waals surface area contributed by atoms with Crippen LogP contribution < -0.4 is 10.1 Å². The number of hydrogen-bond donors (Lipinski definition) is 1. The van der Waals surface area contributed by atoms with Crippen LogP contribution in [-0.2, 0) is 9.59 Å². The predicted molar refractivity (Wildman–Crippen MR) is 81.3 cm³/mol. The molecule has 1 amide bonds. The van der Waals surface area contributed by atoms with Gasteiger partial charge in [0, 0.05) is 18.9 Å². The van der Waals surface area contributed by atoms with E-state index < -0.39 is 0 Å². The summed E-state index contributed by atoms with van der Waals surface area (Å²) < 4.78 is 5.42. The highest BCUT2D eigenvalue weighted by Gasteiger charge is 2.29. The summed E-state index contributed by atoms with van der Waals surface area (Å²) >= 11 is 0. The fourth-order valence-corrected chi connectivity index (χ4v) is 2.21. The molecule has 0 aliphatic heterocycles. The van der Waals surface area contributed by atoms with Crippen molar-refractivity contribution in [3.05, 3.63) is 28.8 Å². The predicted octanol–water partition coefficient (Wildman–Crippen LogP) is 2.82. The van der Waals surface area contributed by atoms with Crippen LogP contribution in [0.1, 0.15) is 42.4 Å². The summed E-state index contributed by atoms with van der Waals surface area (Å²) in [7, 11) is 0. The van der Waals surface area contributed by atoms with E-state index in [-0.39, 0.29) is 17.8 Å². The molecule has 0 radical (unpaired) electrons. The van der Waals surface area contributed by atoms with E-state index in [9.17, 15) is 9.59 Å². The smallest absolute Gasteiger partial charge is 0.311 e. The number of hydrogen-bond acceptors (Lipinski definition) is 3. The Labute approximate surface area is 125 Å². The zero-order valence-electron chi connectivity index (χ0n) is 13.0. The number of rotatable bonds is 6. The number of benzene rings is 1. The van der Waals surface area contributed by atoms with Gasteiger partial charge in [0.25, 0.3) is 0 Å². The molecule has 2 rings (SSSR count). The van der Waals surface area contributed by atoms with Gasteiger partial charge in [0.2, 0.25) is 5.91 Å².